The highest BCUT2D eigenvalue weighted by atomic mass is 35.5. The van der Waals surface area contributed by atoms with Crippen molar-refractivity contribution in [1.82, 2.24) is 5.16 Å². The van der Waals surface area contributed by atoms with Crippen LogP contribution in [-0.2, 0) is 22.6 Å². The van der Waals surface area contributed by atoms with Crippen molar-refractivity contribution in [2.45, 2.75) is 13.0 Å². The number of ether oxygens (including phenoxy) is 1. The summed E-state index contributed by atoms with van der Waals surface area (Å²) in [6.45, 7) is -0.0543. The Morgan fingerprint density at radius 3 is 2.71 bits per heavy atom. The lowest BCUT2D eigenvalue weighted by molar-refractivity contribution is -0.144. The molecule has 0 amide bonds. The molecule has 3 rings (SSSR count). The fourth-order valence-electron chi connectivity index (χ4n) is 2.17. The van der Waals surface area contributed by atoms with E-state index in [1.165, 1.54) is 18.2 Å². The molecular weight excluding hydrogens is 333 g/mol. The first-order valence-corrected chi connectivity index (χ1v) is 7.61. The van der Waals surface area contributed by atoms with Crippen LogP contribution in [0, 0.1) is 5.82 Å². The number of carbonyl (C=O) groups is 1. The van der Waals surface area contributed by atoms with Gasteiger partial charge in [-0.2, -0.15) is 0 Å². The van der Waals surface area contributed by atoms with Gasteiger partial charge in [0.15, 0.2) is 5.76 Å². The van der Waals surface area contributed by atoms with E-state index in [2.05, 4.69) is 5.16 Å². The Hall–Kier alpha value is -2.66. The smallest absolute Gasteiger partial charge is 0.310 e. The molecule has 1 aromatic heterocycles. The van der Waals surface area contributed by atoms with Crippen molar-refractivity contribution in [3.8, 4) is 11.3 Å². The van der Waals surface area contributed by atoms with E-state index in [-0.39, 0.29) is 23.6 Å². The van der Waals surface area contributed by atoms with Crippen molar-refractivity contribution in [3.05, 3.63) is 76.7 Å². The zero-order valence-electron chi connectivity index (χ0n) is 12.5. The van der Waals surface area contributed by atoms with Gasteiger partial charge in [0.25, 0.3) is 0 Å². The second kappa shape index (κ2) is 7.27. The lowest BCUT2D eigenvalue weighted by atomic mass is 10.1. The van der Waals surface area contributed by atoms with E-state index in [9.17, 15) is 9.18 Å². The van der Waals surface area contributed by atoms with Crippen LogP contribution in [0.3, 0.4) is 0 Å². The number of hydrogen-bond acceptors (Lipinski definition) is 4. The van der Waals surface area contributed by atoms with E-state index in [4.69, 9.17) is 20.9 Å². The van der Waals surface area contributed by atoms with Crippen LogP contribution in [0.5, 0.6) is 0 Å². The maximum Gasteiger partial charge on any atom is 0.310 e. The summed E-state index contributed by atoms with van der Waals surface area (Å²) in [5, 5.41) is 4.05. The van der Waals surface area contributed by atoms with Crippen LogP contribution < -0.4 is 0 Å². The molecule has 0 aliphatic rings. The summed E-state index contributed by atoms with van der Waals surface area (Å²) in [4.78, 5) is 11.9. The van der Waals surface area contributed by atoms with Gasteiger partial charge >= 0.3 is 5.97 Å². The van der Waals surface area contributed by atoms with Gasteiger partial charge in [0.2, 0.25) is 0 Å². The molecular formula is C18H13ClFNO3. The number of nitrogens with zero attached hydrogens (tertiary/aromatic N) is 1. The Morgan fingerprint density at radius 1 is 1.17 bits per heavy atom. The first-order chi connectivity index (χ1) is 11.6. The van der Waals surface area contributed by atoms with E-state index in [0.29, 0.717) is 11.5 Å². The summed E-state index contributed by atoms with van der Waals surface area (Å²) in [6.07, 6.45) is -0.241. The third-order valence-corrected chi connectivity index (χ3v) is 3.74. The molecule has 0 aliphatic carbocycles. The molecule has 1 heterocycles. The summed E-state index contributed by atoms with van der Waals surface area (Å²) in [7, 11) is 0. The van der Waals surface area contributed by atoms with Crippen LogP contribution in [0.1, 0.15) is 11.3 Å². The highest BCUT2D eigenvalue weighted by Gasteiger charge is 2.14. The van der Waals surface area contributed by atoms with E-state index in [0.717, 1.165) is 5.56 Å². The third kappa shape index (κ3) is 3.81. The zero-order chi connectivity index (χ0) is 16.9. The number of carbonyl (C=O) groups excluding carboxylic acids is 1. The zero-order valence-corrected chi connectivity index (χ0v) is 13.3. The maximum absolute atomic E-state index is 13.6. The van der Waals surface area contributed by atoms with Crippen LogP contribution in [0.4, 0.5) is 4.39 Å². The fourth-order valence-corrected chi connectivity index (χ4v) is 2.40. The fraction of sp³-hybridized carbons (Fsp3) is 0.111. The average Bonchev–Trinajstić information content (AvgIpc) is 3.06. The predicted octanol–water partition coefficient (Wildman–Crippen LogP) is 4.42. The summed E-state index contributed by atoms with van der Waals surface area (Å²) in [6, 6.07) is 15.4. The minimum atomic E-state index is -0.591. The highest BCUT2D eigenvalue weighted by molar-refractivity contribution is 6.31. The van der Waals surface area contributed by atoms with Gasteiger partial charge in [-0.05, 0) is 12.1 Å². The number of aromatic nitrogens is 1. The second-order valence-electron chi connectivity index (χ2n) is 5.09. The van der Waals surface area contributed by atoms with Gasteiger partial charge in [-0.1, -0.05) is 53.2 Å². The predicted molar refractivity (Wildman–Crippen MR) is 86.8 cm³/mol. The van der Waals surface area contributed by atoms with Crippen molar-refractivity contribution in [2.24, 2.45) is 0 Å². The van der Waals surface area contributed by atoms with E-state index in [1.807, 2.05) is 30.3 Å². The van der Waals surface area contributed by atoms with Crippen molar-refractivity contribution in [1.29, 1.82) is 0 Å². The van der Waals surface area contributed by atoms with Gasteiger partial charge in [0, 0.05) is 22.2 Å². The van der Waals surface area contributed by atoms with Gasteiger partial charge in [0.1, 0.15) is 18.1 Å². The molecule has 24 heavy (non-hydrogen) atoms. The van der Waals surface area contributed by atoms with Crippen LogP contribution >= 0.6 is 11.6 Å². The summed E-state index contributed by atoms with van der Waals surface area (Å²) >= 11 is 5.89. The molecule has 4 nitrogen and oxygen atoms in total. The van der Waals surface area contributed by atoms with Crippen LogP contribution in [0.25, 0.3) is 11.3 Å². The van der Waals surface area contributed by atoms with Gasteiger partial charge in [0.05, 0.1) is 6.42 Å². The Kier molecular flexibility index (Phi) is 4.91. The number of halogens is 2. The largest absolute Gasteiger partial charge is 0.459 e. The van der Waals surface area contributed by atoms with Crippen LogP contribution in [0.15, 0.2) is 59.1 Å². The number of rotatable bonds is 5. The summed E-state index contributed by atoms with van der Waals surface area (Å²) < 4.78 is 24.0. The average molecular weight is 346 g/mol. The molecule has 2 aromatic carbocycles. The molecule has 0 fully saturated rings. The SMILES string of the molecule is O=C(Cc1c(F)cccc1Cl)OCc1cc(-c2ccccc2)on1. The molecule has 0 spiro atoms. The molecule has 6 heteroatoms. The van der Waals surface area contributed by atoms with E-state index < -0.39 is 11.8 Å². The second-order valence-corrected chi connectivity index (χ2v) is 5.49. The molecule has 0 bridgehead atoms. The van der Waals surface area contributed by atoms with Crippen molar-refractivity contribution < 1.29 is 18.4 Å². The van der Waals surface area contributed by atoms with Gasteiger partial charge < -0.3 is 9.26 Å². The van der Waals surface area contributed by atoms with Crippen LogP contribution in [-0.4, -0.2) is 11.1 Å². The molecule has 0 saturated carbocycles. The standard InChI is InChI=1S/C18H13ClFNO3/c19-15-7-4-8-16(20)14(15)10-18(22)23-11-13-9-17(24-21-13)12-5-2-1-3-6-12/h1-9H,10-11H2. The van der Waals surface area contributed by atoms with Crippen LogP contribution in [0.2, 0.25) is 5.02 Å². The van der Waals surface area contributed by atoms with Crippen molar-refractivity contribution in [2.75, 3.05) is 0 Å². The molecule has 122 valence electrons. The topological polar surface area (TPSA) is 52.3 Å². The normalized spacial score (nSPS) is 10.6. The molecule has 0 radical (unpaired) electrons. The first-order valence-electron chi connectivity index (χ1n) is 7.23. The minimum Gasteiger partial charge on any atom is -0.459 e. The first kappa shape index (κ1) is 16.2. The molecule has 0 N–H and O–H groups in total. The summed E-state index contributed by atoms with van der Waals surface area (Å²) in [5.41, 5.74) is 1.47. The number of esters is 1. The minimum absolute atomic E-state index is 0.0543. The highest BCUT2D eigenvalue weighted by Crippen LogP contribution is 2.21. The quantitative estimate of drug-likeness (QED) is 0.642. The monoisotopic (exact) mass is 345 g/mol. The molecule has 0 aliphatic heterocycles. The Labute approximate surface area is 142 Å². The van der Waals surface area contributed by atoms with Gasteiger partial charge in [-0.15, -0.1) is 0 Å². The molecule has 0 saturated heterocycles. The number of benzene rings is 2. The molecule has 3 aromatic rings. The van der Waals surface area contributed by atoms with Gasteiger partial charge in [-0.25, -0.2) is 4.39 Å². The van der Waals surface area contributed by atoms with E-state index in [1.54, 1.807) is 6.07 Å². The third-order valence-electron chi connectivity index (χ3n) is 3.38. The lowest BCUT2D eigenvalue weighted by Gasteiger charge is -2.05. The lowest BCUT2D eigenvalue weighted by Crippen LogP contribution is -2.09. The Balaban J connectivity index is 1.60. The van der Waals surface area contributed by atoms with Gasteiger partial charge in [-0.3, -0.25) is 4.79 Å². The van der Waals surface area contributed by atoms with Crippen molar-refractivity contribution >= 4 is 17.6 Å². The summed E-state index contributed by atoms with van der Waals surface area (Å²) in [5.74, 6) is -0.544. The maximum atomic E-state index is 13.6. The number of hydrogen-bond donors (Lipinski definition) is 0. The molecule has 0 unspecified atom stereocenters. The van der Waals surface area contributed by atoms with E-state index >= 15 is 0 Å². The Morgan fingerprint density at radius 2 is 1.96 bits per heavy atom. The van der Waals surface area contributed by atoms with Crippen molar-refractivity contribution in [3.63, 3.8) is 0 Å². The molecule has 0 atom stereocenters. The Bertz CT molecular complexity index is 828.